The van der Waals surface area contributed by atoms with Crippen LogP contribution in [-0.2, 0) is 16.0 Å². The van der Waals surface area contributed by atoms with Crippen LogP contribution in [0.25, 0.3) is 0 Å². The molecule has 4 rings (SSSR count). The maximum atomic E-state index is 14.1. The van der Waals surface area contributed by atoms with Crippen LogP contribution in [-0.4, -0.2) is 48.7 Å². The van der Waals surface area contributed by atoms with Gasteiger partial charge in [-0.1, -0.05) is 73.4 Å². The summed E-state index contributed by atoms with van der Waals surface area (Å²) in [6.45, 7) is 3.67. The zero-order chi connectivity index (χ0) is 29.4. The Balaban J connectivity index is 1.58. The van der Waals surface area contributed by atoms with Crippen LogP contribution in [0.2, 0.25) is 0 Å². The molecule has 2 amide bonds. The number of nitrogen functional groups attached to an aromatic ring is 1. The molecule has 1 saturated carbocycles. The van der Waals surface area contributed by atoms with Crippen LogP contribution in [0.3, 0.4) is 0 Å². The Hall–Kier alpha value is -3.72. The highest BCUT2D eigenvalue weighted by Gasteiger charge is 2.36. The summed E-state index contributed by atoms with van der Waals surface area (Å²) in [5.74, 6) is -0.871. The van der Waals surface area contributed by atoms with E-state index in [-0.39, 0.29) is 35.3 Å². The van der Waals surface area contributed by atoms with Gasteiger partial charge in [0, 0.05) is 5.56 Å². The van der Waals surface area contributed by atoms with Crippen molar-refractivity contribution in [2.45, 2.75) is 76.3 Å². The minimum absolute atomic E-state index is 0.000862. The van der Waals surface area contributed by atoms with Gasteiger partial charge in [-0.2, -0.15) is 0 Å². The van der Waals surface area contributed by atoms with E-state index in [9.17, 15) is 9.59 Å². The SMILES string of the molecule is Cc1ccc(C(Cc2ccc(C(=N)N)cc2)C(=O)NC(C(=O)NC(C(=N)N)C2CCNCC2)C2CCCCC2)cc1. The van der Waals surface area contributed by atoms with E-state index in [2.05, 4.69) is 16.0 Å². The van der Waals surface area contributed by atoms with Gasteiger partial charge >= 0.3 is 0 Å². The molecule has 2 aliphatic rings. The lowest BCUT2D eigenvalue weighted by Crippen LogP contribution is -2.58. The number of amides is 2. The Morgan fingerprint density at radius 3 is 2.00 bits per heavy atom. The summed E-state index contributed by atoms with van der Waals surface area (Å²) < 4.78 is 0. The minimum Gasteiger partial charge on any atom is -0.386 e. The van der Waals surface area contributed by atoms with Crippen molar-refractivity contribution in [3.8, 4) is 0 Å². The molecule has 9 N–H and O–H groups in total. The summed E-state index contributed by atoms with van der Waals surface area (Å²) in [5, 5.41) is 25.5. The van der Waals surface area contributed by atoms with Crippen LogP contribution >= 0.6 is 0 Å². The third-order valence-corrected chi connectivity index (χ3v) is 8.69. The van der Waals surface area contributed by atoms with Crippen LogP contribution in [0, 0.1) is 29.6 Å². The Labute approximate surface area is 243 Å². The van der Waals surface area contributed by atoms with Gasteiger partial charge < -0.3 is 27.4 Å². The first-order chi connectivity index (χ1) is 19.7. The molecular formula is C32H45N7O2. The third kappa shape index (κ3) is 8.16. The number of benzene rings is 2. The fourth-order valence-corrected chi connectivity index (χ4v) is 6.21. The molecule has 9 heteroatoms. The summed E-state index contributed by atoms with van der Waals surface area (Å²) in [5.41, 5.74) is 15.2. The third-order valence-electron chi connectivity index (χ3n) is 8.69. The number of carbonyl (C=O) groups excluding carboxylic acids is 2. The second-order valence-electron chi connectivity index (χ2n) is 11.7. The van der Waals surface area contributed by atoms with E-state index in [0.29, 0.717) is 12.0 Å². The summed E-state index contributed by atoms with van der Waals surface area (Å²) >= 11 is 0. The number of hydrogen-bond donors (Lipinski definition) is 7. The number of hydrogen-bond acceptors (Lipinski definition) is 5. The highest BCUT2D eigenvalue weighted by atomic mass is 16.2. The van der Waals surface area contributed by atoms with Crippen LogP contribution in [0.1, 0.15) is 73.1 Å². The van der Waals surface area contributed by atoms with E-state index in [1.54, 1.807) is 12.1 Å². The quantitative estimate of drug-likeness (QED) is 0.165. The second kappa shape index (κ2) is 14.3. The summed E-state index contributed by atoms with van der Waals surface area (Å²) in [7, 11) is 0. The molecule has 0 spiro atoms. The predicted molar refractivity (Wildman–Crippen MR) is 163 cm³/mol. The topological polar surface area (TPSA) is 170 Å². The van der Waals surface area contributed by atoms with Gasteiger partial charge in [-0.05, 0) is 75.1 Å². The number of amidine groups is 2. The van der Waals surface area contributed by atoms with Gasteiger partial charge in [0.15, 0.2) is 0 Å². The van der Waals surface area contributed by atoms with Crippen molar-refractivity contribution in [2.24, 2.45) is 23.3 Å². The fourth-order valence-electron chi connectivity index (χ4n) is 6.21. The maximum Gasteiger partial charge on any atom is 0.243 e. The summed E-state index contributed by atoms with van der Waals surface area (Å²) in [6.07, 6.45) is 7.04. The monoisotopic (exact) mass is 559 g/mol. The molecule has 2 fully saturated rings. The number of aryl methyl sites for hydroxylation is 1. The summed E-state index contributed by atoms with van der Waals surface area (Å²) in [4.78, 5) is 27.9. The van der Waals surface area contributed by atoms with Gasteiger partial charge in [-0.15, -0.1) is 0 Å². The second-order valence-corrected chi connectivity index (χ2v) is 11.7. The highest BCUT2D eigenvalue weighted by molar-refractivity contribution is 5.95. The molecule has 9 nitrogen and oxygen atoms in total. The van der Waals surface area contributed by atoms with Crippen LogP contribution in [0.5, 0.6) is 0 Å². The molecule has 1 heterocycles. The van der Waals surface area contributed by atoms with Crippen molar-refractivity contribution in [1.82, 2.24) is 16.0 Å². The van der Waals surface area contributed by atoms with Crippen LogP contribution in [0.4, 0.5) is 0 Å². The average Bonchev–Trinajstić information content (AvgIpc) is 2.98. The van der Waals surface area contributed by atoms with Gasteiger partial charge in [0.2, 0.25) is 11.8 Å². The van der Waals surface area contributed by atoms with E-state index in [1.165, 1.54) is 0 Å². The molecule has 1 aliphatic carbocycles. The van der Waals surface area contributed by atoms with Crippen molar-refractivity contribution in [1.29, 1.82) is 10.8 Å². The first kappa shape index (κ1) is 30.2. The Bertz CT molecular complexity index is 1200. The molecule has 1 aliphatic heterocycles. The molecule has 0 aromatic heterocycles. The normalized spacial score (nSPS) is 18.6. The standard InChI is InChI=1S/C32H45N7O2/c1-20-7-11-22(12-8-20)26(19-21-9-13-25(14-10-21)29(33)34)31(40)39-28(23-5-3-2-4-6-23)32(41)38-27(30(35)36)24-15-17-37-18-16-24/h7-14,23-24,26-28,37H,2-6,15-19H2,1H3,(H3,33,34)(H3,35,36)(H,38,41)(H,39,40). The van der Waals surface area contributed by atoms with Gasteiger partial charge in [0.05, 0.1) is 12.0 Å². The largest absolute Gasteiger partial charge is 0.386 e. The van der Waals surface area contributed by atoms with Crippen molar-refractivity contribution in [3.63, 3.8) is 0 Å². The smallest absolute Gasteiger partial charge is 0.243 e. The number of carbonyl (C=O) groups is 2. The van der Waals surface area contributed by atoms with E-state index >= 15 is 0 Å². The van der Waals surface area contributed by atoms with E-state index < -0.39 is 18.0 Å². The van der Waals surface area contributed by atoms with E-state index in [1.807, 2.05) is 43.3 Å². The molecule has 2 aromatic carbocycles. The van der Waals surface area contributed by atoms with Gasteiger partial charge in [0.1, 0.15) is 17.7 Å². The number of nitrogens with two attached hydrogens (primary N) is 2. The Kier molecular flexibility index (Phi) is 10.5. The molecule has 1 saturated heterocycles. The zero-order valence-corrected chi connectivity index (χ0v) is 24.0. The van der Waals surface area contributed by atoms with Gasteiger partial charge in [-0.3, -0.25) is 20.4 Å². The first-order valence-corrected chi connectivity index (χ1v) is 14.9. The minimum atomic E-state index is -0.695. The number of rotatable bonds is 11. The molecule has 0 radical (unpaired) electrons. The average molecular weight is 560 g/mol. The molecule has 3 atom stereocenters. The fraction of sp³-hybridized carbons (Fsp3) is 0.500. The lowest BCUT2D eigenvalue weighted by Gasteiger charge is -2.35. The predicted octanol–water partition coefficient (Wildman–Crippen LogP) is 3.09. The van der Waals surface area contributed by atoms with E-state index in [0.717, 1.165) is 74.7 Å². The zero-order valence-electron chi connectivity index (χ0n) is 24.0. The Morgan fingerprint density at radius 2 is 1.41 bits per heavy atom. The number of piperidine rings is 1. The van der Waals surface area contributed by atoms with Gasteiger partial charge in [-0.25, -0.2) is 0 Å². The van der Waals surface area contributed by atoms with Crippen LogP contribution < -0.4 is 27.4 Å². The number of nitrogens with one attached hydrogen (secondary N) is 5. The van der Waals surface area contributed by atoms with Crippen molar-refractivity contribution in [2.75, 3.05) is 13.1 Å². The molecular weight excluding hydrogens is 514 g/mol. The summed E-state index contributed by atoms with van der Waals surface area (Å²) in [6, 6.07) is 14.1. The molecule has 41 heavy (non-hydrogen) atoms. The lowest BCUT2D eigenvalue weighted by molar-refractivity contribution is -0.131. The molecule has 220 valence electrons. The van der Waals surface area contributed by atoms with Crippen molar-refractivity contribution < 1.29 is 9.59 Å². The maximum absolute atomic E-state index is 14.1. The lowest BCUT2D eigenvalue weighted by atomic mass is 9.82. The molecule has 2 aromatic rings. The Morgan fingerprint density at radius 1 is 0.829 bits per heavy atom. The highest BCUT2D eigenvalue weighted by Crippen LogP contribution is 2.29. The first-order valence-electron chi connectivity index (χ1n) is 14.9. The molecule has 3 unspecified atom stereocenters. The van der Waals surface area contributed by atoms with Crippen molar-refractivity contribution in [3.05, 3.63) is 70.8 Å². The van der Waals surface area contributed by atoms with E-state index in [4.69, 9.17) is 22.3 Å². The van der Waals surface area contributed by atoms with Crippen molar-refractivity contribution >= 4 is 23.5 Å². The van der Waals surface area contributed by atoms with Crippen LogP contribution in [0.15, 0.2) is 48.5 Å². The molecule has 0 bridgehead atoms. The van der Waals surface area contributed by atoms with Gasteiger partial charge in [0.25, 0.3) is 0 Å².